The largest absolute Gasteiger partial charge is 0.326 e. The molecule has 4 rings (SSSR count). The van der Waals surface area contributed by atoms with Crippen LogP contribution in [0, 0.1) is 18.7 Å². The van der Waals surface area contributed by atoms with Crippen LogP contribution in [0.1, 0.15) is 35.3 Å². The first-order valence-electron chi connectivity index (χ1n) is 8.87. The highest BCUT2D eigenvalue weighted by Crippen LogP contribution is 2.30. The third kappa shape index (κ3) is 3.12. The average molecular weight is 385 g/mol. The Morgan fingerprint density at radius 2 is 1.96 bits per heavy atom. The number of aromatic nitrogens is 1. The van der Waals surface area contributed by atoms with E-state index in [9.17, 15) is 14.0 Å². The fourth-order valence-electron chi connectivity index (χ4n) is 3.43. The molecule has 0 saturated heterocycles. The minimum atomic E-state index is -0.655. The maximum Gasteiger partial charge on any atom is 0.267 e. The van der Waals surface area contributed by atoms with Crippen molar-refractivity contribution in [1.82, 2.24) is 4.57 Å². The lowest BCUT2D eigenvalue weighted by Crippen LogP contribution is -2.27. The van der Waals surface area contributed by atoms with Crippen molar-refractivity contribution in [3.8, 4) is 0 Å². The van der Waals surface area contributed by atoms with Gasteiger partial charge in [0, 0.05) is 22.7 Å². The predicted molar refractivity (Wildman–Crippen MR) is 104 cm³/mol. The number of nitrogens with zero attached hydrogens (tertiary/aromatic N) is 1. The van der Waals surface area contributed by atoms with Crippen molar-refractivity contribution < 1.29 is 14.0 Å². The van der Waals surface area contributed by atoms with E-state index in [1.165, 1.54) is 22.8 Å². The van der Waals surface area contributed by atoms with Crippen LogP contribution in [0.2, 0.25) is 5.02 Å². The molecule has 0 radical (unpaired) electrons. The Bertz CT molecular complexity index is 1050. The number of carbonyl (C=O) groups excluding carboxylic acids is 2. The van der Waals surface area contributed by atoms with Gasteiger partial charge < -0.3 is 5.32 Å². The SMILES string of the molecule is Cc1cc2cc(NC(=O)C3CCC3)ccc2n1C(=O)c1c(F)cccc1Cl. The highest BCUT2D eigenvalue weighted by molar-refractivity contribution is 6.34. The molecule has 6 heteroatoms. The first-order chi connectivity index (χ1) is 13.0. The second kappa shape index (κ2) is 6.82. The Morgan fingerprint density at radius 3 is 2.63 bits per heavy atom. The zero-order valence-corrected chi connectivity index (χ0v) is 15.5. The Labute approximate surface area is 160 Å². The van der Waals surface area contributed by atoms with Crippen molar-refractivity contribution in [2.75, 3.05) is 5.32 Å². The number of anilines is 1. The van der Waals surface area contributed by atoms with E-state index in [-0.39, 0.29) is 22.4 Å². The van der Waals surface area contributed by atoms with Gasteiger partial charge >= 0.3 is 0 Å². The van der Waals surface area contributed by atoms with E-state index in [4.69, 9.17) is 11.6 Å². The smallest absolute Gasteiger partial charge is 0.267 e. The van der Waals surface area contributed by atoms with Crippen molar-refractivity contribution in [3.63, 3.8) is 0 Å². The summed E-state index contributed by atoms with van der Waals surface area (Å²) in [7, 11) is 0. The number of nitrogens with one attached hydrogen (secondary N) is 1. The summed E-state index contributed by atoms with van der Waals surface area (Å²) in [5.41, 5.74) is 1.84. The first kappa shape index (κ1) is 17.7. The van der Waals surface area contributed by atoms with Gasteiger partial charge in [-0.2, -0.15) is 0 Å². The second-order valence-electron chi connectivity index (χ2n) is 6.91. The van der Waals surface area contributed by atoms with E-state index in [1.807, 2.05) is 12.1 Å². The summed E-state index contributed by atoms with van der Waals surface area (Å²) in [5.74, 6) is -1.04. The monoisotopic (exact) mass is 384 g/mol. The molecule has 1 heterocycles. The van der Waals surface area contributed by atoms with Gasteiger partial charge in [-0.3, -0.25) is 14.2 Å². The summed E-state index contributed by atoms with van der Waals surface area (Å²) in [4.78, 5) is 25.1. The van der Waals surface area contributed by atoms with E-state index < -0.39 is 11.7 Å². The van der Waals surface area contributed by atoms with Crippen molar-refractivity contribution in [2.24, 2.45) is 5.92 Å². The molecule has 0 atom stereocenters. The minimum absolute atomic E-state index is 0.0333. The molecule has 1 aliphatic carbocycles. The maximum absolute atomic E-state index is 14.2. The second-order valence-corrected chi connectivity index (χ2v) is 7.32. The Balaban J connectivity index is 1.71. The lowest BCUT2D eigenvalue weighted by Gasteiger charge is -2.24. The van der Waals surface area contributed by atoms with Crippen LogP contribution in [-0.2, 0) is 4.79 Å². The Morgan fingerprint density at radius 1 is 1.19 bits per heavy atom. The fraction of sp³-hybridized carbons (Fsp3) is 0.238. The van der Waals surface area contributed by atoms with Crippen molar-refractivity contribution in [2.45, 2.75) is 26.2 Å². The lowest BCUT2D eigenvalue weighted by atomic mass is 9.85. The van der Waals surface area contributed by atoms with Gasteiger partial charge in [-0.25, -0.2) is 4.39 Å². The molecule has 0 spiro atoms. The molecule has 3 aromatic rings. The van der Waals surface area contributed by atoms with Crippen LogP contribution in [-0.4, -0.2) is 16.4 Å². The molecule has 1 fully saturated rings. The van der Waals surface area contributed by atoms with Crippen LogP contribution < -0.4 is 5.32 Å². The molecule has 1 aromatic heterocycles. The number of halogens is 2. The van der Waals surface area contributed by atoms with Crippen LogP contribution >= 0.6 is 11.6 Å². The number of hydrogen-bond acceptors (Lipinski definition) is 2. The van der Waals surface area contributed by atoms with E-state index in [1.54, 1.807) is 19.1 Å². The summed E-state index contributed by atoms with van der Waals surface area (Å²) in [6, 6.07) is 11.3. The molecule has 2 aromatic carbocycles. The Kier molecular flexibility index (Phi) is 4.48. The van der Waals surface area contributed by atoms with Crippen LogP contribution in [0.4, 0.5) is 10.1 Å². The third-order valence-corrected chi connectivity index (χ3v) is 5.42. The minimum Gasteiger partial charge on any atom is -0.326 e. The molecule has 1 aliphatic rings. The van der Waals surface area contributed by atoms with E-state index >= 15 is 0 Å². The van der Waals surface area contributed by atoms with Gasteiger partial charge in [0.15, 0.2) is 0 Å². The van der Waals surface area contributed by atoms with E-state index in [0.29, 0.717) is 16.9 Å². The lowest BCUT2D eigenvalue weighted by molar-refractivity contribution is -0.122. The predicted octanol–water partition coefficient (Wildman–Crippen LogP) is 5.17. The summed E-state index contributed by atoms with van der Waals surface area (Å²) in [6.45, 7) is 1.78. The molecule has 0 bridgehead atoms. The van der Waals surface area contributed by atoms with Gasteiger partial charge in [-0.1, -0.05) is 24.1 Å². The molecule has 1 N–H and O–H groups in total. The number of rotatable bonds is 3. The number of hydrogen-bond donors (Lipinski definition) is 1. The number of carbonyl (C=O) groups is 2. The number of fused-ring (bicyclic) bond motifs is 1. The maximum atomic E-state index is 14.2. The molecule has 0 unspecified atom stereocenters. The fourth-order valence-corrected chi connectivity index (χ4v) is 3.67. The molecular weight excluding hydrogens is 367 g/mol. The van der Waals surface area contributed by atoms with Gasteiger partial charge in [0.2, 0.25) is 5.91 Å². The topological polar surface area (TPSA) is 51.1 Å². The zero-order valence-electron chi connectivity index (χ0n) is 14.8. The van der Waals surface area contributed by atoms with E-state index in [2.05, 4.69) is 5.32 Å². The summed E-state index contributed by atoms with van der Waals surface area (Å²) in [5, 5.41) is 3.80. The van der Waals surface area contributed by atoms with Crippen LogP contribution in [0.3, 0.4) is 0 Å². The van der Waals surface area contributed by atoms with Crippen molar-refractivity contribution >= 4 is 40.0 Å². The standard InChI is InChI=1S/C21H18ClFN2O2/c1-12-10-14-11-15(24-20(26)13-4-2-5-13)8-9-18(14)25(12)21(27)19-16(22)6-3-7-17(19)23/h3,6-11,13H,2,4-5H2,1H3,(H,24,26). The van der Waals surface area contributed by atoms with Gasteiger partial charge in [-0.05, 0) is 56.2 Å². The third-order valence-electron chi connectivity index (χ3n) is 5.11. The summed E-state index contributed by atoms with van der Waals surface area (Å²) >= 11 is 6.05. The van der Waals surface area contributed by atoms with Crippen molar-refractivity contribution in [3.05, 3.63) is 64.6 Å². The molecule has 138 valence electrons. The molecule has 4 nitrogen and oxygen atoms in total. The van der Waals surface area contributed by atoms with Crippen LogP contribution in [0.5, 0.6) is 0 Å². The summed E-state index contributed by atoms with van der Waals surface area (Å²) in [6.07, 6.45) is 2.96. The molecular formula is C21H18ClFN2O2. The number of aryl methyl sites for hydroxylation is 1. The van der Waals surface area contributed by atoms with Gasteiger partial charge in [0.25, 0.3) is 5.91 Å². The number of benzene rings is 2. The average Bonchev–Trinajstić information content (AvgIpc) is 2.87. The summed E-state index contributed by atoms with van der Waals surface area (Å²) < 4.78 is 15.6. The van der Waals surface area contributed by atoms with Crippen molar-refractivity contribution in [1.29, 1.82) is 0 Å². The highest BCUT2D eigenvalue weighted by atomic mass is 35.5. The van der Waals surface area contributed by atoms with Crippen LogP contribution in [0.25, 0.3) is 10.9 Å². The molecule has 1 saturated carbocycles. The number of amides is 1. The van der Waals surface area contributed by atoms with E-state index in [0.717, 1.165) is 24.6 Å². The highest BCUT2D eigenvalue weighted by Gasteiger charge is 2.25. The van der Waals surface area contributed by atoms with Crippen LogP contribution in [0.15, 0.2) is 42.5 Å². The van der Waals surface area contributed by atoms with Gasteiger partial charge in [0.1, 0.15) is 5.82 Å². The molecule has 0 aliphatic heterocycles. The Hall–Kier alpha value is -2.66. The molecule has 1 amide bonds. The van der Waals surface area contributed by atoms with Gasteiger partial charge in [-0.15, -0.1) is 0 Å². The molecule has 27 heavy (non-hydrogen) atoms. The zero-order chi connectivity index (χ0) is 19.1. The quantitative estimate of drug-likeness (QED) is 0.677. The first-order valence-corrected chi connectivity index (χ1v) is 9.25. The normalized spacial score (nSPS) is 14.2. The van der Waals surface area contributed by atoms with Gasteiger partial charge in [0.05, 0.1) is 16.1 Å².